The molecule has 0 amide bonds. The number of piperidine rings is 1. The molecule has 0 saturated carbocycles. The van der Waals surface area contributed by atoms with Crippen molar-refractivity contribution in [3.05, 3.63) is 34.9 Å². The van der Waals surface area contributed by atoms with E-state index in [1.54, 1.807) is 24.3 Å². The molecule has 1 saturated heterocycles. The van der Waals surface area contributed by atoms with Crippen LogP contribution in [0.1, 0.15) is 31.2 Å². The predicted octanol–water partition coefficient (Wildman–Crippen LogP) is 3.13. The van der Waals surface area contributed by atoms with Gasteiger partial charge in [0.25, 0.3) is 0 Å². The van der Waals surface area contributed by atoms with Gasteiger partial charge in [-0.25, -0.2) is 8.42 Å². The number of halogens is 1. The maximum atomic E-state index is 12.1. The molecule has 0 spiro atoms. The monoisotopic (exact) mass is 315 g/mol. The zero-order valence-electron chi connectivity index (χ0n) is 11.7. The number of sulfone groups is 1. The lowest BCUT2D eigenvalue weighted by molar-refractivity contribution is 0.229. The molecule has 1 aliphatic rings. The summed E-state index contributed by atoms with van der Waals surface area (Å²) in [5.41, 5.74) is 0.812. The summed E-state index contributed by atoms with van der Waals surface area (Å²) in [4.78, 5) is 2.38. The Hall–Kier alpha value is -0.580. The summed E-state index contributed by atoms with van der Waals surface area (Å²) >= 11 is 5.80. The second kappa shape index (κ2) is 7.43. The SMILES string of the molecule is O=S(=O)(CCCN1CCCCC1)Cc1ccc(Cl)cc1. The van der Waals surface area contributed by atoms with Crippen LogP contribution in [0.4, 0.5) is 0 Å². The minimum Gasteiger partial charge on any atom is -0.303 e. The van der Waals surface area contributed by atoms with Crippen molar-refractivity contribution < 1.29 is 8.42 Å². The van der Waals surface area contributed by atoms with Crippen molar-refractivity contribution >= 4 is 21.4 Å². The lowest BCUT2D eigenvalue weighted by atomic mass is 10.1. The molecule has 1 aromatic carbocycles. The van der Waals surface area contributed by atoms with Crippen LogP contribution in [-0.4, -0.2) is 38.7 Å². The van der Waals surface area contributed by atoms with Crippen LogP contribution in [0.2, 0.25) is 5.02 Å². The molecule has 1 heterocycles. The van der Waals surface area contributed by atoms with Gasteiger partial charge in [0.15, 0.2) is 9.84 Å². The average molecular weight is 316 g/mol. The Morgan fingerprint density at radius 1 is 1.05 bits per heavy atom. The van der Waals surface area contributed by atoms with E-state index >= 15 is 0 Å². The number of benzene rings is 1. The summed E-state index contributed by atoms with van der Waals surface area (Å²) in [7, 11) is -3.02. The second-order valence-electron chi connectivity index (χ2n) is 5.47. The number of hydrogen-bond donors (Lipinski definition) is 0. The maximum Gasteiger partial charge on any atom is 0.154 e. The molecule has 1 aromatic rings. The maximum absolute atomic E-state index is 12.1. The molecular weight excluding hydrogens is 294 g/mol. The number of rotatable bonds is 6. The number of nitrogens with zero attached hydrogens (tertiary/aromatic N) is 1. The first-order valence-electron chi connectivity index (χ1n) is 7.22. The van der Waals surface area contributed by atoms with E-state index in [1.165, 1.54) is 19.3 Å². The van der Waals surface area contributed by atoms with Gasteiger partial charge in [0, 0.05) is 5.02 Å². The Labute approximate surface area is 126 Å². The Kier molecular flexibility index (Phi) is 5.87. The van der Waals surface area contributed by atoms with E-state index in [0.717, 1.165) is 31.6 Å². The highest BCUT2D eigenvalue weighted by Gasteiger charge is 2.14. The summed E-state index contributed by atoms with van der Waals surface area (Å²) in [6.07, 6.45) is 4.54. The van der Waals surface area contributed by atoms with E-state index in [-0.39, 0.29) is 11.5 Å². The van der Waals surface area contributed by atoms with Gasteiger partial charge in [0.05, 0.1) is 11.5 Å². The molecule has 0 N–H and O–H groups in total. The van der Waals surface area contributed by atoms with Crippen LogP contribution in [0.15, 0.2) is 24.3 Å². The van der Waals surface area contributed by atoms with Crippen molar-refractivity contribution in [2.24, 2.45) is 0 Å². The Morgan fingerprint density at radius 3 is 2.35 bits per heavy atom. The largest absolute Gasteiger partial charge is 0.303 e. The predicted molar refractivity (Wildman–Crippen MR) is 83.9 cm³/mol. The molecule has 0 bridgehead atoms. The van der Waals surface area contributed by atoms with Crippen LogP contribution in [0.25, 0.3) is 0 Å². The van der Waals surface area contributed by atoms with Gasteiger partial charge in [-0.2, -0.15) is 0 Å². The van der Waals surface area contributed by atoms with Crippen LogP contribution in [-0.2, 0) is 15.6 Å². The van der Waals surface area contributed by atoms with Crippen LogP contribution in [0, 0.1) is 0 Å². The Bertz CT molecular complexity index is 507. The highest BCUT2D eigenvalue weighted by atomic mass is 35.5. The first-order valence-corrected chi connectivity index (χ1v) is 9.42. The normalized spacial score (nSPS) is 17.2. The van der Waals surface area contributed by atoms with E-state index in [0.29, 0.717) is 5.02 Å². The van der Waals surface area contributed by atoms with Gasteiger partial charge in [0.2, 0.25) is 0 Å². The number of likely N-dealkylation sites (tertiary alicyclic amines) is 1. The zero-order chi connectivity index (χ0) is 14.4. The van der Waals surface area contributed by atoms with Crippen LogP contribution in [0.3, 0.4) is 0 Å². The van der Waals surface area contributed by atoms with Gasteiger partial charge >= 0.3 is 0 Å². The van der Waals surface area contributed by atoms with Crippen molar-refractivity contribution in [2.45, 2.75) is 31.4 Å². The van der Waals surface area contributed by atoms with Crippen molar-refractivity contribution in [3.63, 3.8) is 0 Å². The quantitative estimate of drug-likeness (QED) is 0.809. The third-order valence-corrected chi connectivity index (χ3v) is 5.61. The molecule has 0 radical (unpaired) electrons. The summed E-state index contributed by atoms with van der Waals surface area (Å²) in [5, 5.41) is 0.635. The lowest BCUT2D eigenvalue weighted by Gasteiger charge is -2.26. The molecular formula is C15H22ClNO2S. The number of hydrogen-bond acceptors (Lipinski definition) is 3. The van der Waals surface area contributed by atoms with Gasteiger partial charge in [0.1, 0.15) is 0 Å². The van der Waals surface area contributed by atoms with Crippen LogP contribution < -0.4 is 0 Å². The van der Waals surface area contributed by atoms with Crippen molar-refractivity contribution in [1.29, 1.82) is 0 Å². The molecule has 5 heteroatoms. The van der Waals surface area contributed by atoms with Gasteiger partial charge in [-0.05, 0) is 56.6 Å². The van der Waals surface area contributed by atoms with Gasteiger partial charge < -0.3 is 4.90 Å². The molecule has 20 heavy (non-hydrogen) atoms. The average Bonchev–Trinajstić information content (AvgIpc) is 2.42. The van der Waals surface area contributed by atoms with Gasteiger partial charge in [-0.3, -0.25) is 0 Å². The van der Waals surface area contributed by atoms with Crippen LogP contribution in [0.5, 0.6) is 0 Å². The summed E-state index contributed by atoms with van der Waals surface area (Å²) in [6, 6.07) is 7.04. The molecule has 0 unspecified atom stereocenters. The fraction of sp³-hybridized carbons (Fsp3) is 0.600. The summed E-state index contributed by atoms with van der Waals surface area (Å²) < 4.78 is 24.2. The highest BCUT2D eigenvalue weighted by molar-refractivity contribution is 7.90. The molecule has 3 nitrogen and oxygen atoms in total. The fourth-order valence-electron chi connectivity index (χ4n) is 2.60. The van der Waals surface area contributed by atoms with E-state index in [4.69, 9.17) is 11.6 Å². The summed E-state index contributed by atoms with van der Waals surface area (Å²) in [5.74, 6) is 0.385. The molecule has 1 aliphatic heterocycles. The minimum absolute atomic E-state index is 0.115. The molecule has 0 aromatic heterocycles. The fourth-order valence-corrected chi connectivity index (χ4v) is 4.14. The molecule has 0 aliphatic carbocycles. The van der Waals surface area contributed by atoms with Crippen LogP contribution >= 0.6 is 11.6 Å². The van der Waals surface area contributed by atoms with Gasteiger partial charge in [-0.15, -0.1) is 0 Å². The van der Waals surface area contributed by atoms with Crippen molar-refractivity contribution in [2.75, 3.05) is 25.4 Å². The minimum atomic E-state index is -3.02. The van der Waals surface area contributed by atoms with E-state index in [1.807, 2.05) is 0 Å². The Morgan fingerprint density at radius 2 is 1.70 bits per heavy atom. The third kappa shape index (κ3) is 5.43. The molecule has 0 atom stereocenters. The van der Waals surface area contributed by atoms with Gasteiger partial charge in [-0.1, -0.05) is 30.2 Å². The molecule has 1 fully saturated rings. The standard InChI is InChI=1S/C15H22ClNO2S/c16-15-7-5-14(6-8-15)13-20(18,19)12-4-11-17-9-2-1-3-10-17/h5-8H,1-4,9-13H2. The molecule has 2 rings (SSSR count). The summed E-state index contributed by atoms with van der Waals surface area (Å²) in [6.45, 7) is 3.15. The Balaban J connectivity index is 1.77. The third-order valence-electron chi connectivity index (χ3n) is 3.68. The lowest BCUT2D eigenvalue weighted by Crippen LogP contribution is -2.31. The van der Waals surface area contributed by atoms with E-state index < -0.39 is 9.84 Å². The van der Waals surface area contributed by atoms with E-state index in [2.05, 4.69) is 4.90 Å². The van der Waals surface area contributed by atoms with E-state index in [9.17, 15) is 8.42 Å². The van der Waals surface area contributed by atoms with Crippen molar-refractivity contribution in [3.8, 4) is 0 Å². The highest BCUT2D eigenvalue weighted by Crippen LogP contribution is 2.14. The first-order chi connectivity index (χ1) is 9.55. The topological polar surface area (TPSA) is 37.4 Å². The smallest absolute Gasteiger partial charge is 0.154 e. The second-order valence-corrected chi connectivity index (χ2v) is 8.09. The van der Waals surface area contributed by atoms with Crippen molar-refractivity contribution in [1.82, 2.24) is 4.90 Å². The molecule has 112 valence electrons. The first kappa shape index (κ1) is 15.8. The zero-order valence-corrected chi connectivity index (χ0v) is 13.3.